The van der Waals surface area contributed by atoms with Crippen LogP contribution in [0.4, 0.5) is 0 Å². The number of carbonyl (C=O) groups is 1. The molecule has 0 radical (unpaired) electrons. The molecule has 1 fully saturated rings. The van der Waals surface area contributed by atoms with Crippen molar-refractivity contribution in [1.29, 1.82) is 0 Å². The number of hydrogen-bond donors (Lipinski definition) is 1. The molecule has 0 unspecified atom stereocenters. The van der Waals surface area contributed by atoms with E-state index in [1.54, 1.807) is 6.92 Å². The lowest BCUT2D eigenvalue weighted by atomic mass is 9.69. The Labute approximate surface area is 126 Å². The SMILES string of the molecule is CC#C[C@@]1(O)CC[C@@H](C(=O)OCC)[C@H](c2ccccc2)C1. The summed E-state index contributed by atoms with van der Waals surface area (Å²) in [6, 6.07) is 9.86. The normalized spacial score (nSPS) is 28.3. The van der Waals surface area contributed by atoms with Crippen molar-refractivity contribution in [3.8, 4) is 11.8 Å². The summed E-state index contributed by atoms with van der Waals surface area (Å²) in [5, 5.41) is 10.6. The zero-order chi connectivity index (χ0) is 15.3. The zero-order valence-electron chi connectivity index (χ0n) is 12.6. The summed E-state index contributed by atoms with van der Waals surface area (Å²) < 4.78 is 5.20. The lowest BCUT2D eigenvalue weighted by Gasteiger charge is -2.38. The van der Waals surface area contributed by atoms with Crippen LogP contribution in [0.2, 0.25) is 0 Å². The summed E-state index contributed by atoms with van der Waals surface area (Å²) in [4.78, 5) is 12.2. The van der Waals surface area contributed by atoms with Crippen LogP contribution in [0.15, 0.2) is 30.3 Å². The summed E-state index contributed by atoms with van der Waals surface area (Å²) in [7, 11) is 0. The Morgan fingerprint density at radius 2 is 2.14 bits per heavy atom. The number of esters is 1. The highest BCUT2D eigenvalue weighted by atomic mass is 16.5. The van der Waals surface area contributed by atoms with Gasteiger partial charge in [0.1, 0.15) is 5.60 Å². The molecule has 1 N–H and O–H groups in total. The quantitative estimate of drug-likeness (QED) is 0.686. The third-order valence-corrected chi connectivity index (χ3v) is 4.09. The number of ether oxygens (including phenoxy) is 1. The van der Waals surface area contributed by atoms with E-state index in [1.807, 2.05) is 37.3 Å². The number of aliphatic hydroxyl groups is 1. The summed E-state index contributed by atoms with van der Waals surface area (Å²) in [6.45, 7) is 3.93. The Bertz CT molecular complexity index is 541. The largest absolute Gasteiger partial charge is 0.466 e. The van der Waals surface area contributed by atoms with Gasteiger partial charge in [0.05, 0.1) is 12.5 Å². The Morgan fingerprint density at radius 1 is 1.43 bits per heavy atom. The Kier molecular flexibility index (Phi) is 5.03. The van der Waals surface area contributed by atoms with E-state index in [9.17, 15) is 9.90 Å². The Balaban J connectivity index is 2.29. The van der Waals surface area contributed by atoms with Crippen LogP contribution in [0, 0.1) is 17.8 Å². The molecule has 1 aliphatic carbocycles. The van der Waals surface area contributed by atoms with Crippen LogP contribution >= 0.6 is 0 Å². The summed E-state index contributed by atoms with van der Waals surface area (Å²) in [6.07, 6.45) is 1.59. The minimum atomic E-state index is -1.00. The molecule has 1 aromatic carbocycles. The van der Waals surface area contributed by atoms with Gasteiger partial charge in [0.15, 0.2) is 0 Å². The maximum absolute atomic E-state index is 12.2. The molecule has 2 rings (SSSR count). The van der Waals surface area contributed by atoms with Gasteiger partial charge in [0.25, 0.3) is 0 Å². The molecular formula is C18H22O3. The second kappa shape index (κ2) is 6.78. The number of hydrogen-bond acceptors (Lipinski definition) is 3. The first kappa shape index (κ1) is 15.6. The lowest BCUT2D eigenvalue weighted by molar-refractivity contribution is -0.151. The van der Waals surface area contributed by atoms with Crippen LogP contribution in [0.5, 0.6) is 0 Å². The van der Waals surface area contributed by atoms with Crippen molar-refractivity contribution in [3.05, 3.63) is 35.9 Å². The molecule has 1 aromatic rings. The highest BCUT2D eigenvalue weighted by Crippen LogP contribution is 2.43. The van der Waals surface area contributed by atoms with Gasteiger partial charge in [0.2, 0.25) is 0 Å². The minimum absolute atomic E-state index is 0.0511. The first-order valence-corrected chi connectivity index (χ1v) is 7.47. The fourth-order valence-electron chi connectivity index (χ4n) is 3.13. The van der Waals surface area contributed by atoms with Crippen molar-refractivity contribution >= 4 is 5.97 Å². The van der Waals surface area contributed by atoms with Gasteiger partial charge in [-0.25, -0.2) is 0 Å². The Hall–Kier alpha value is -1.79. The zero-order valence-corrected chi connectivity index (χ0v) is 12.6. The van der Waals surface area contributed by atoms with Crippen LogP contribution in [0.3, 0.4) is 0 Å². The highest BCUT2D eigenvalue weighted by molar-refractivity contribution is 5.74. The molecule has 0 aromatic heterocycles. The van der Waals surface area contributed by atoms with Gasteiger partial charge in [-0.1, -0.05) is 36.3 Å². The van der Waals surface area contributed by atoms with Crippen molar-refractivity contribution in [1.82, 2.24) is 0 Å². The average Bonchev–Trinajstić information content (AvgIpc) is 2.48. The van der Waals surface area contributed by atoms with Crippen LogP contribution in [-0.4, -0.2) is 23.3 Å². The number of benzene rings is 1. The van der Waals surface area contributed by atoms with Gasteiger partial charge >= 0.3 is 5.97 Å². The first-order valence-electron chi connectivity index (χ1n) is 7.47. The third-order valence-electron chi connectivity index (χ3n) is 4.09. The van der Waals surface area contributed by atoms with E-state index < -0.39 is 5.60 Å². The fourth-order valence-corrected chi connectivity index (χ4v) is 3.13. The van der Waals surface area contributed by atoms with E-state index in [1.165, 1.54) is 0 Å². The van der Waals surface area contributed by atoms with Crippen LogP contribution in [-0.2, 0) is 9.53 Å². The van der Waals surface area contributed by atoms with Crippen molar-refractivity contribution in [2.24, 2.45) is 5.92 Å². The predicted molar refractivity (Wildman–Crippen MR) is 81.6 cm³/mol. The lowest BCUT2D eigenvalue weighted by Crippen LogP contribution is -2.40. The molecule has 0 saturated heterocycles. The molecule has 0 aliphatic heterocycles. The van der Waals surface area contributed by atoms with Crippen LogP contribution in [0.1, 0.15) is 44.6 Å². The van der Waals surface area contributed by atoms with Crippen LogP contribution < -0.4 is 0 Å². The molecule has 1 aliphatic rings. The maximum atomic E-state index is 12.2. The van der Waals surface area contributed by atoms with Gasteiger partial charge in [-0.15, -0.1) is 5.92 Å². The average molecular weight is 286 g/mol. The van der Waals surface area contributed by atoms with E-state index in [4.69, 9.17) is 4.74 Å². The minimum Gasteiger partial charge on any atom is -0.466 e. The molecule has 3 atom stereocenters. The molecule has 0 amide bonds. The van der Waals surface area contributed by atoms with Gasteiger partial charge in [-0.2, -0.15) is 0 Å². The van der Waals surface area contributed by atoms with E-state index >= 15 is 0 Å². The second-order valence-electron chi connectivity index (χ2n) is 5.53. The van der Waals surface area contributed by atoms with E-state index in [0.29, 0.717) is 25.9 Å². The molecular weight excluding hydrogens is 264 g/mol. The van der Waals surface area contributed by atoms with E-state index in [-0.39, 0.29) is 17.8 Å². The van der Waals surface area contributed by atoms with Crippen molar-refractivity contribution in [2.75, 3.05) is 6.61 Å². The molecule has 0 spiro atoms. The number of rotatable bonds is 3. The molecule has 112 valence electrons. The predicted octanol–water partition coefficient (Wildman–Crippen LogP) is 2.89. The van der Waals surface area contributed by atoms with Crippen LogP contribution in [0.25, 0.3) is 0 Å². The summed E-state index contributed by atoms with van der Waals surface area (Å²) >= 11 is 0. The molecule has 0 bridgehead atoms. The van der Waals surface area contributed by atoms with Crippen molar-refractivity contribution < 1.29 is 14.6 Å². The van der Waals surface area contributed by atoms with Crippen molar-refractivity contribution in [3.63, 3.8) is 0 Å². The van der Waals surface area contributed by atoms with Gasteiger partial charge < -0.3 is 9.84 Å². The monoisotopic (exact) mass is 286 g/mol. The van der Waals surface area contributed by atoms with Gasteiger partial charge in [-0.3, -0.25) is 4.79 Å². The molecule has 0 heterocycles. The molecule has 3 heteroatoms. The van der Waals surface area contributed by atoms with Crippen molar-refractivity contribution in [2.45, 2.75) is 44.6 Å². The molecule has 3 nitrogen and oxygen atoms in total. The summed E-state index contributed by atoms with van der Waals surface area (Å²) in [5.74, 6) is 5.29. The third kappa shape index (κ3) is 3.65. The second-order valence-corrected chi connectivity index (χ2v) is 5.53. The molecule has 1 saturated carbocycles. The number of carbonyl (C=O) groups excluding carboxylic acids is 1. The van der Waals surface area contributed by atoms with E-state index in [0.717, 1.165) is 5.56 Å². The maximum Gasteiger partial charge on any atom is 0.309 e. The van der Waals surface area contributed by atoms with Gasteiger partial charge in [-0.05, 0) is 38.7 Å². The highest BCUT2D eigenvalue weighted by Gasteiger charge is 2.42. The Morgan fingerprint density at radius 3 is 2.76 bits per heavy atom. The van der Waals surface area contributed by atoms with Gasteiger partial charge in [0, 0.05) is 5.92 Å². The fraction of sp³-hybridized carbons (Fsp3) is 0.500. The summed E-state index contributed by atoms with van der Waals surface area (Å²) in [5.41, 5.74) is 0.0599. The topological polar surface area (TPSA) is 46.5 Å². The smallest absolute Gasteiger partial charge is 0.309 e. The standard InChI is InChI=1S/C18H22O3/c1-3-11-18(20)12-10-15(17(19)21-4-2)16(13-18)14-8-6-5-7-9-14/h5-9,15-16,20H,4,10,12-13H2,1-2H3/t15-,16+,18-/m1/s1. The van der Waals surface area contributed by atoms with E-state index in [2.05, 4.69) is 11.8 Å². The first-order chi connectivity index (χ1) is 10.1. The molecule has 21 heavy (non-hydrogen) atoms.